The SMILES string of the molecule is N#C[C@H]1CCC1O. The standard InChI is InChI=1S/C5H7NO/c6-3-4-1-2-5(4)7/h4-5,7H,1-2H2/t4-,5?/m1/s1. The lowest BCUT2D eigenvalue weighted by atomic mass is 9.83. The summed E-state index contributed by atoms with van der Waals surface area (Å²) in [4.78, 5) is 0. The zero-order valence-corrected chi connectivity index (χ0v) is 3.96. The summed E-state index contributed by atoms with van der Waals surface area (Å²) < 4.78 is 0. The van der Waals surface area contributed by atoms with Crippen LogP contribution in [0.25, 0.3) is 0 Å². The van der Waals surface area contributed by atoms with Crippen molar-refractivity contribution < 1.29 is 5.11 Å². The number of rotatable bonds is 0. The van der Waals surface area contributed by atoms with Crippen molar-refractivity contribution in [3.8, 4) is 6.07 Å². The van der Waals surface area contributed by atoms with Crippen LogP contribution < -0.4 is 0 Å². The zero-order chi connectivity index (χ0) is 5.28. The predicted octanol–water partition coefficient (Wildman–Crippen LogP) is 0.281. The van der Waals surface area contributed by atoms with Gasteiger partial charge < -0.3 is 5.11 Å². The van der Waals surface area contributed by atoms with Gasteiger partial charge in [-0.2, -0.15) is 5.26 Å². The fourth-order valence-electron chi connectivity index (χ4n) is 0.633. The summed E-state index contributed by atoms with van der Waals surface area (Å²) in [5.41, 5.74) is 0. The molecule has 0 aromatic heterocycles. The maximum absolute atomic E-state index is 8.69. The number of hydrogen-bond donors (Lipinski definition) is 1. The molecule has 1 N–H and O–H groups in total. The van der Waals surface area contributed by atoms with Gasteiger partial charge in [0.05, 0.1) is 18.1 Å². The van der Waals surface area contributed by atoms with Crippen LogP contribution >= 0.6 is 0 Å². The van der Waals surface area contributed by atoms with Crippen LogP contribution in [0.5, 0.6) is 0 Å². The average Bonchev–Trinajstić information content (AvgIpc) is 1.65. The Balaban J connectivity index is 2.33. The van der Waals surface area contributed by atoms with Crippen molar-refractivity contribution in [2.45, 2.75) is 18.9 Å². The topological polar surface area (TPSA) is 44.0 Å². The molecule has 0 aromatic carbocycles. The summed E-state index contributed by atoms with van der Waals surface area (Å²) in [7, 11) is 0. The smallest absolute Gasteiger partial charge is 0.0723 e. The molecule has 2 atom stereocenters. The van der Waals surface area contributed by atoms with E-state index in [1.165, 1.54) is 0 Å². The Labute approximate surface area is 42.4 Å². The van der Waals surface area contributed by atoms with Crippen molar-refractivity contribution in [2.24, 2.45) is 5.92 Å². The third-order valence-electron chi connectivity index (χ3n) is 1.40. The molecule has 0 spiro atoms. The lowest BCUT2D eigenvalue weighted by Crippen LogP contribution is -2.29. The zero-order valence-electron chi connectivity index (χ0n) is 3.96. The molecule has 2 heteroatoms. The van der Waals surface area contributed by atoms with E-state index in [4.69, 9.17) is 10.4 Å². The normalized spacial score (nSPS) is 38.9. The molecule has 1 aliphatic carbocycles. The molecule has 0 radical (unpaired) electrons. The highest BCUT2D eigenvalue weighted by atomic mass is 16.3. The molecule has 0 heterocycles. The van der Waals surface area contributed by atoms with E-state index in [0.29, 0.717) is 0 Å². The Bertz CT molecular complexity index is 105. The van der Waals surface area contributed by atoms with Crippen LogP contribution in [-0.2, 0) is 0 Å². The van der Waals surface area contributed by atoms with Crippen molar-refractivity contribution in [2.75, 3.05) is 0 Å². The van der Waals surface area contributed by atoms with Crippen LogP contribution in [0.1, 0.15) is 12.8 Å². The minimum atomic E-state index is -0.315. The van der Waals surface area contributed by atoms with Gasteiger partial charge in [-0.1, -0.05) is 0 Å². The van der Waals surface area contributed by atoms with Gasteiger partial charge in [-0.25, -0.2) is 0 Å². The molecule has 38 valence electrons. The van der Waals surface area contributed by atoms with Crippen LogP contribution in [-0.4, -0.2) is 11.2 Å². The molecule has 1 saturated carbocycles. The second-order valence-electron chi connectivity index (χ2n) is 1.88. The molecule has 1 aliphatic rings. The Hall–Kier alpha value is -0.550. The van der Waals surface area contributed by atoms with Crippen LogP contribution in [0.3, 0.4) is 0 Å². The van der Waals surface area contributed by atoms with Crippen molar-refractivity contribution in [1.82, 2.24) is 0 Å². The summed E-state index contributed by atoms with van der Waals surface area (Å²) in [5.74, 6) is -0.0556. The monoisotopic (exact) mass is 97.1 g/mol. The second-order valence-corrected chi connectivity index (χ2v) is 1.88. The number of aliphatic hydroxyl groups excluding tert-OH is 1. The second kappa shape index (κ2) is 1.51. The Morgan fingerprint density at radius 1 is 1.57 bits per heavy atom. The first kappa shape index (κ1) is 4.61. The van der Waals surface area contributed by atoms with Crippen molar-refractivity contribution >= 4 is 0 Å². The molecule has 1 rings (SSSR count). The number of aliphatic hydroxyl groups is 1. The lowest BCUT2D eigenvalue weighted by Gasteiger charge is -2.25. The molecular weight excluding hydrogens is 90.1 g/mol. The van der Waals surface area contributed by atoms with E-state index in [0.717, 1.165) is 12.8 Å². The molecular formula is C5H7NO. The fourth-order valence-corrected chi connectivity index (χ4v) is 0.633. The molecule has 0 bridgehead atoms. The number of nitriles is 1. The van der Waals surface area contributed by atoms with Crippen molar-refractivity contribution in [3.63, 3.8) is 0 Å². The van der Waals surface area contributed by atoms with Gasteiger partial charge in [-0.05, 0) is 12.8 Å². The summed E-state index contributed by atoms with van der Waals surface area (Å²) in [6.45, 7) is 0. The highest BCUT2D eigenvalue weighted by molar-refractivity contribution is 4.95. The Kier molecular flexibility index (Phi) is 0.994. The average molecular weight is 97.1 g/mol. The predicted molar refractivity (Wildman–Crippen MR) is 24.3 cm³/mol. The summed E-state index contributed by atoms with van der Waals surface area (Å²) in [6.07, 6.45) is 1.39. The van der Waals surface area contributed by atoms with Gasteiger partial charge in [0.15, 0.2) is 0 Å². The minimum Gasteiger partial charge on any atom is -0.392 e. The number of hydrogen-bond acceptors (Lipinski definition) is 2. The molecule has 1 fully saturated rings. The van der Waals surface area contributed by atoms with Crippen LogP contribution in [0, 0.1) is 17.2 Å². The highest BCUT2D eigenvalue weighted by Crippen LogP contribution is 2.25. The molecule has 0 aliphatic heterocycles. The first-order valence-corrected chi connectivity index (χ1v) is 2.42. The Morgan fingerprint density at radius 3 is 2.29 bits per heavy atom. The van der Waals surface area contributed by atoms with E-state index in [1.807, 2.05) is 6.07 Å². The van der Waals surface area contributed by atoms with E-state index >= 15 is 0 Å². The molecule has 0 saturated heterocycles. The quantitative estimate of drug-likeness (QED) is 0.472. The van der Waals surface area contributed by atoms with Gasteiger partial charge >= 0.3 is 0 Å². The maximum atomic E-state index is 8.69. The molecule has 2 nitrogen and oxygen atoms in total. The van der Waals surface area contributed by atoms with E-state index in [-0.39, 0.29) is 12.0 Å². The minimum absolute atomic E-state index is 0.0556. The largest absolute Gasteiger partial charge is 0.392 e. The van der Waals surface area contributed by atoms with Crippen molar-refractivity contribution in [1.29, 1.82) is 5.26 Å². The first-order chi connectivity index (χ1) is 3.34. The van der Waals surface area contributed by atoms with Gasteiger partial charge in [-0.15, -0.1) is 0 Å². The van der Waals surface area contributed by atoms with Gasteiger partial charge in [0.25, 0.3) is 0 Å². The summed E-state index contributed by atoms with van der Waals surface area (Å²) >= 11 is 0. The fraction of sp³-hybridized carbons (Fsp3) is 0.800. The van der Waals surface area contributed by atoms with E-state index in [2.05, 4.69) is 0 Å². The van der Waals surface area contributed by atoms with Gasteiger partial charge in [-0.3, -0.25) is 0 Å². The van der Waals surface area contributed by atoms with Crippen LogP contribution in [0.4, 0.5) is 0 Å². The van der Waals surface area contributed by atoms with Crippen LogP contribution in [0.15, 0.2) is 0 Å². The summed E-state index contributed by atoms with van der Waals surface area (Å²) in [6, 6.07) is 2.00. The molecule has 0 amide bonds. The van der Waals surface area contributed by atoms with Crippen molar-refractivity contribution in [3.05, 3.63) is 0 Å². The Morgan fingerprint density at radius 2 is 2.29 bits per heavy atom. The van der Waals surface area contributed by atoms with Gasteiger partial charge in [0, 0.05) is 0 Å². The molecule has 7 heavy (non-hydrogen) atoms. The van der Waals surface area contributed by atoms with E-state index in [9.17, 15) is 0 Å². The third kappa shape index (κ3) is 0.594. The van der Waals surface area contributed by atoms with Gasteiger partial charge in [0.1, 0.15) is 0 Å². The van der Waals surface area contributed by atoms with E-state index in [1.54, 1.807) is 0 Å². The first-order valence-electron chi connectivity index (χ1n) is 2.42. The molecule has 0 aromatic rings. The lowest BCUT2D eigenvalue weighted by molar-refractivity contribution is 0.0539. The molecule has 1 unspecified atom stereocenters. The maximum Gasteiger partial charge on any atom is 0.0723 e. The highest BCUT2D eigenvalue weighted by Gasteiger charge is 2.27. The summed E-state index contributed by atoms with van der Waals surface area (Å²) in [5, 5.41) is 16.8. The third-order valence-corrected chi connectivity index (χ3v) is 1.40. The van der Waals surface area contributed by atoms with Gasteiger partial charge in [0.2, 0.25) is 0 Å². The number of nitrogens with zero attached hydrogens (tertiary/aromatic N) is 1. The van der Waals surface area contributed by atoms with E-state index < -0.39 is 0 Å². The van der Waals surface area contributed by atoms with Crippen LogP contribution in [0.2, 0.25) is 0 Å².